The van der Waals surface area contributed by atoms with E-state index >= 15 is 0 Å². The molecule has 0 radical (unpaired) electrons. The first-order chi connectivity index (χ1) is 8.43. The molecule has 0 saturated carbocycles. The summed E-state index contributed by atoms with van der Waals surface area (Å²) < 4.78 is 0. The molecular weight excluding hydrogens is 232 g/mol. The number of aliphatic hydroxyl groups is 1. The topological polar surface area (TPSA) is 69.6 Å². The lowest BCUT2D eigenvalue weighted by atomic mass is 10.1. The number of carbonyl (C=O) groups is 2. The Balaban J connectivity index is 3.49. The maximum atomic E-state index is 11.7. The van der Waals surface area contributed by atoms with Crippen molar-refractivity contribution in [2.45, 2.75) is 52.1 Å². The van der Waals surface area contributed by atoms with Crippen molar-refractivity contribution < 1.29 is 14.7 Å². The number of hydrogen-bond acceptors (Lipinski definition) is 3. The molecule has 0 saturated heterocycles. The summed E-state index contributed by atoms with van der Waals surface area (Å²) in [7, 11) is 1.77. The van der Waals surface area contributed by atoms with Crippen molar-refractivity contribution in [2.24, 2.45) is 0 Å². The number of nitrogens with one attached hydrogen (secondary N) is 1. The van der Waals surface area contributed by atoms with Crippen molar-refractivity contribution >= 4 is 11.8 Å². The van der Waals surface area contributed by atoms with Crippen LogP contribution in [0.4, 0.5) is 0 Å². The molecule has 0 heterocycles. The zero-order chi connectivity index (χ0) is 14.0. The highest BCUT2D eigenvalue weighted by atomic mass is 16.3. The van der Waals surface area contributed by atoms with Crippen LogP contribution in [0.25, 0.3) is 0 Å². The molecule has 0 aliphatic heterocycles. The number of carbonyl (C=O) groups excluding carboxylic acids is 2. The fourth-order valence-corrected chi connectivity index (χ4v) is 1.54. The van der Waals surface area contributed by atoms with Crippen LogP contribution in [0.15, 0.2) is 0 Å². The molecular formula is C13H26N2O3. The molecule has 1 unspecified atom stereocenters. The third-order valence-corrected chi connectivity index (χ3v) is 2.75. The molecule has 1 atom stereocenters. The molecule has 0 aliphatic carbocycles. The second-order valence-electron chi connectivity index (χ2n) is 4.75. The van der Waals surface area contributed by atoms with Gasteiger partial charge in [0.1, 0.15) is 0 Å². The van der Waals surface area contributed by atoms with Gasteiger partial charge in [-0.15, -0.1) is 0 Å². The predicted molar refractivity (Wildman–Crippen MR) is 71.1 cm³/mol. The fourth-order valence-electron chi connectivity index (χ4n) is 1.54. The molecule has 2 amide bonds. The van der Waals surface area contributed by atoms with Crippen molar-refractivity contribution in [3.05, 3.63) is 0 Å². The summed E-state index contributed by atoms with van der Waals surface area (Å²) in [4.78, 5) is 23.9. The van der Waals surface area contributed by atoms with E-state index in [1.807, 2.05) is 0 Å². The number of rotatable bonds is 9. The SMILES string of the molecule is CC(=O)NCCCCCC(=O)N(C)CCC(C)O. The Morgan fingerprint density at radius 1 is 1.28 bits per heavy atom. The van der Waals surface area contributed by atoms with Crippen LogP contribution in [-0.4, -0.2) is 48.1 Å². The molecule has 0 aromatic rings. The maximum Gasteiger partial charge on any atom is 0.222 e. The number of nitrogens with zero attached hydrogens (tertiary/aromatic N) is 1. The number of aliphatic hydroxyl groups excluding tert-OH is 1. The Labute approximate surface area is 110 Å². The molecule has 0 aromatic carbocycles. The molecule has 0 rings (SSSR count). The predicted octanol–water partition coefficient (Wildman–Crippen LogP) is 0.912. The molecule has 0 spiro atoms. The highest BCUT2D eigenvalue weighted by molar-refractivity contribution is 5.75. The van der Waals surface area contributed by atoms with E-state index in [-0.39, 0.29) is 17.9 Å². The Hall–Kier alpha value is -1.10. The Kier molecular flexibility index (Phi) is 9.28. The summed E-state index contributed by atoms with van der Waals surface area (Å²) in [5, 5.41) is 11.9. The Bertz CT molecular complexity index is 255. The molecule has 0 fully saturated rings. The monoisotopic (exact) mass is 258 g/mol. The van der Waals surface area contributed by atoms with Gasteiger partial charge in [0.2, 0.25) is 11.8 Å². The third-order valence-electron chi connectivity index (χ3n) is 2.75. The van der Waals surface area contributed by atoms with Crippen LogP contribution in [0.1, 0.15) is 46.0 Å². The average molecular weight is 258 g/mol. The quantitative estimate of drug-likeness (QED) is 0.604. The van der Waals surface area contributed by atoms with Gasteiger partial charge in [-0.2, -0.15) is 0 Å². The zero-order valence-corrected chi connectivity index (χ0v) is 11.7. The molecule has 106 valence electrons. The van der Waals surface area contributed by atoms with Gasteiger partial charge in [0, 0.05) is 33.5 Å². The van der Waals surface area contributed by atoms with Gasteiger partial charge in [-0.25, -0.2) is 0 Å². The fraction of sp³-hybridized carbons (Fsp3) is 0.846. The summed E-state index contributed by atoms with van der Waals surface area (Å²) in [5.74, 6) is 0.110. The minimum Gasteiger partial charge on any atom is -0.393 e. The first-order valence-corrected chi connectivity index (χ1v) is 6.60. The van der Waals surface area contributed by atoms with Gasteiger partial charge >= 0.3 is 0 Å². The van der Waals surface area contributed by atoms with Gasteiger partial charge < -0.3 is 15.3 Å². The van der Waals surface area contributed by atoms with Crippen LogP contribution >= 0.6 is 0 Å². The standard InChI is InChI=1S/C13H26N2O3/c1-11(16)8-10-15(3)13(18)7-5-4-6-9-14-12(2)17/h11,16H,4-10H2,1-3H3,(H,14,17). The average Bonchev–Trinajstić information content (AvgIpc) is 2.29. The van der Waals surface area contributed by atoms with E-state index in [0.29, 0.717) is 25.9 Å². The molecule has 0 bridgehead atoms. The van der Waals surface area contributed by atoms with Crippen molar-refractivity contribution in [2.75, 3.05) is 20.1 Å². The number of unbranched alkanes of at least 4 members (excludes halogenated alkanes) is 2. The van der Waals surface area contributed by atoms with Gasteiger partial charge in [0.15, 0.2) is 0 Å². The lowest BCUT2D eigenvalue weighted by Gasteiger charge is -2.17. The number of hydrogen-bond donors (Lipinski definition) is 2. The summed E-state index contributed by atoms with van der Waals surface area (Å²) in [6, 6.07) is 0. The van der Waals surface area contributed by atoms with Crippen molar-refractivity contribution in [1.82, 2.24) is 10.2 Å². The van der Waals surface area contributed by atoms with E-state index in [4.69, 9.17) is 5.11 Å². The summed E-state index contributed by atoms with van der Waals surface area (Å²) in [6.45, 7) is 4.50. The van der Waals surface area contributed by atoms with Crippen LogP contribution < -0.4 is 5.32 Å². The van der Waals surface area contributed by atoms with Gasteiger partial charge in [-0.05, 0) is 26.2 Å². The van der Waals surface area contributed by atoms with E-state index in [2.05, 4.69) is 5.32 Å². The largest absolute Gasteiger partial charge is 0.393 e. The van der Waals surface area contributed by atoms with E-state index in [9.17, 15) is 9.59 Å². The minimum absolute atomic E-state index is 0.0102. The summed E-state index contributed by atoms with van der Waals surface area (Å²) in [6.07, 6.45) is 3.48. The van der Waals surface area contributed by atoms with Crippen LogP contribution in [0, 0.1) is 0 Å². The number of amides is 2. The van der Waals surface area contributed by atoms with Crippen molar-refractivity contribution in [3.63, 3.8) is 0 Å². The van der Waals surface area contributed by atoms with Gasteiger partial charge in [-0.3, -0.25) is 9.59 Å². The normalized spacial score (nSPS) is 12.0. The highest BCUT2D eigenvalue weighted by Gasteiger charge is 2.08. The third kappa shape index (κ3) is 10.1. The first-order valence-electron chi connectivity index (χ1n) is 6.60. The Morgan fingerprint density at radius 3 is 2.50 bits per heavy atom. The molecule has 0 aromatic heterocycles. The van der Waals surface area contributed by atoms with Crippen LogP contribution in [-0.2, 0) is 9.59 Å². The van der Waals surface area contributed by atoms with Crippen LogP contribution in [0.3, 0.4) is 0 Å². The molecule has 2 N–H and O–H groups in total. The Morgan fingerprint density at radius 2 is 1.94 bits per heavy atom. The lowest BCUT2D eigenvalue weighted by molar-refractivity contribution is -0.130. The molecule has 18 heavy (non-hydrogen) atoms. The van der Waals surface area contributed by atoms with Crippen molar-refractivity contribution in [1.29, 1.82) is 0 Å². The highest BCUT2D eigenvalue weighted by Crippen LogP contribution is 2.03. The molecule has 0 aliphatic rings. The summed E-state index contributed by atoms with van der Waals surface area (Å²) >= 11 is 0. The molecule has 5 nitrogen and oxygen atoms in total. The van der Waals surface area contributed by atoms with Crippen LogP contribution in [0.2, 0.25) is 0 Å². The van der Waals surface area contributed by atoms with E-state index in [1.165, 1.54) is 6.92 Å². The zero-order valence-electron chi connectivity index (χ0n) is 11.7. The summed E-state index contributed by atoms with van der Waals surface area (Å²) in [5.41, 5.74) is 0. The maximum absolute atomic E-state index is 11.7. The van der Waals surface area contributed by atoms with Gasteiger partial charge in [-0.1, -0.05) is 6.42 Å². The van der Waals surface area contributed by atoms with E-state index in [0.717, 1.165) is 19.3 Å². The van der Waals surface area contributed by atoms with Gasteiger partial charge in [0.05, 0.1) is 6.10 Å². The second-order valence-corrected chi connectivity index (χ2v) is 4.75. The minimum atomic E-state index is -0.363. The second kappa shape index (κ2) is 9.88. The lowest BCUT2D eigenvalue weighted by Crippen LogP contribution is -2.29. The van der Waals surface area contributed by atoms with E-state index in [1.54, 1.807) is 18.9 Å². The van der Waals surface area contributed by atoms with Crippen molar-refractivity contribution in [3.8, 4) is 0 Å². The van der Waals surface area contributed by atoms with E-state index < -0.39 is 0 Å². The molecule has 5 heteroatoms. The van der Waals surface area contributed by atoms with Crippen LogP contribution in [0.5, 0.6) is 0 Å². The smallest absolute Gasteiger partial charge is 0.222 e. The van der Waals surface area contributed by atoms with Gasteiger partial charge in [0.25, 0.3) is 0 Å². The first kappa shape index (κ1) is 16.9.